The van der Waals surface area contributed by atoms with E-state index in [1.165, 1.54) is 13.2 Å². The van der Waals surface area contributed by atoms with E-state index in [0.717, 1.165) is 0 Å². The second kappa shape index (κ2) is 3.26. The normalized spacial score (nSPS) is 11.6. The van der Waals surface area contributed by atoms with Crippen LogP contribution in [0.3, 0.4) is 0 Å². The molecule has 0 aliphatic rings. The first-order valence-electron chi connectivity index (χ1n) is 3.02. The molecule has 7 heteroatoms. The van der Waals surface area contributed by atoms with E-state index in [1.54, 1.807) is 0 Å². The molecule has 0 saturated heterocycles. The van der Waals surface area contributed by atoms with Crippen molar-refractivity contribution in [2.24, 2.45) is 0 Å². The summed E-state index contributed by atoms with van der Waals surface area (Å²) in [5.74, 6) is 0.138. The van der Waals surface area contributed by atoms with Gasteiger partial charge in [0.2, 0.25) is 0 Å². The molecule has 1 heterocycles. The van der Waals surface area contributed by atoms with Crippen LogP contribution in [-0.2, 0) is 10.7 Å². The zero-order valence-corrected chi connectivity index (χ0v) is 7.11. The number of hydrogen-bond acceptors (Lipinski definition) is 6. The average Bonchev–Trinajstić information content (AvgIpc) is 2.32. The fourth-order valence-corrected chi connectivity index (χ4v) is 1.19. The van der Waals surface area contributed by atoms with E-state index in [4.69, 9.17) is 0 Å². The summed E-state index contributed by atoms with van der Waals surface area (Å²) in [5.41, 5.74) is 0. The van der Waals surface area contributed by atoms with Crippen molar-refractivity contribution >= 4 is 7.60 Å². The molecule has 0 radical (unpaired) electrons. The van der Waals surface area contributed by atoms with Crippen LogP contribution >= 0.6 is 7.60 Å². The van der Waals surface area contributed by atoms with Gasteiger partial charge in [-0.3, -0.25) is 0 Å². The summed E-state index contributed by atoms with van der Waals surface area (Å²) < 4.78 is 19.3. The van der Waals surface area contributed by atoms with Gasteiger partial charge in [0.05, 0.1) is 7.11 Å². The van der Waals surface area contributed by atoms with Crippen LogP contribution in [0.2, 0.25) is 0 Å². The molecule has 0 saturated carbocycles. The summed E-state index contributed by atoms with van der Waals surface area (Å²) in [6, 6.07) is 1.25. The number of nitrogens with zero attached hydrogens (tertiary/aromatic N) is 1. The molecule has 1 aromatic rings. The monoisotopic (exact) mass is 191 g/mol. The Kier molecular flexibility index (Phi) is 2.52. The summed E-state index contributed by atoms with van der Waals surface area (Å²) >= 11 is 0. The fourth-order valence-electron chi connectivity index (χ4n) is 0.656. The summed E-state index contributed by atoms with van der Waals surface area (Å²) in [6.07, 6.45) is -0.677. The zero-order chi connectivity index (χ0) is 9.19. The molecule has 0 unspecified atom stereocenters. The number of ether oxygens (including phenoxy) is 1. The SMILES string of the molecule is COc1cc(CP(=O)([O-])[O-])on1. The Morgan fingerprint density at radius 3 is 2.83 bits per heavy atom. The van der Waals surface area contributed by atoms with Crippen molar-refractivity contribution in [3.63, 3.8) is 0 Å². The van der Waals surface area contributed by atoms with E-state index in [9.17, 15) is 14.4 Å². The van der Waals surface area contributed by atoms with Crippen molar-refractivity contribution in [2.45, 2.75) is 6.16 Å². The van der Waals surface area contributed by atoms with E-state index in [1.807, 2.05) is 0 Å². The minimum atomic E-state index is -4.57. The highest BCUT2D eigenvalue weighted by Gasteiger charge is 2.04. The Morgan fingerprint density at radius 2 is 2.42 bits per heavy atom. The largest absolute Gasteiger partial charge is 0.810 e. The van der Waals surface area contributed by atoms with Gasteiger partial charge >= 0.3 is 0 Å². The van der Waals surface area contributed by atoms with Crippen LogP contribution in [0, 0.1) is 0 Å². The van der Waals surface area contributed by atoms with Gasteiger partial charge in [-0.1, -0.05) is 7.60 Å². The predicted octanol–water partition coefficient (Wildman–Crippen LogP) is -0.903. The maximum atomic E-state index is 10.2. The first-order chi connectivity index (χ1) is 5.51. The molecule has 6 nitrogen and oxygen atoms in total. The Balaban J connectivity index is 2.71. The van der Waals surface area contributed by atoms with Crippen molar-refractivity contribution in [3.05, 3.63) is 11.8 Å². The van der Waals surface area contributed by atoms with E-state index in [2.05, 4.69) is 14.4 Å². The molecule has 0 aromatic carbocycles. The van der Waals surface area contributed by atoms with Crippen LogP contribution < -0.4 is 14.5 Å². The highest BCUT2D eigenvalue weighted by Crippen LogP contribution is 2.30. The summed E-state index contributed by atoms with van der Waals surface area (Å²) in [6.45, 7) is 0. The van der Waals surface area contributed by atoms with Crippen molar-refractivity contribution < 1.29 is 23.6 Å². The average molecular weight is 191 g/mol. The van der Waals surface area contributed by atoms with Crippen LogP contribution in [0.15, 0.2) is 10.6 Å². The molecular weight excluding hydrogens is 185 g/mol. The third-order valence-electron chi connectivity index (χ3n) is 1.10. The zero-order valence-electron chi connectivity index (χ0n) is 6.22. The fraction of sp³-hybridized carbons (Fsp3) is 0.400. The highest BCUT2D eigenvalue weighted by atomic mass is 31.2. The lowest BCUT2D eigenvalue weighted by molar-refractivity contribution is -0.314. The predicted molar refractivity (Wildman–Crippen MR) is 34.4 cm³/mol. The molecule has 0 aliphatic carbocycles. The maximum absolute atomic E-state index is 10.2. The number of aromatic nitrogens is 1. The minimum absolute atomic E-state index is 0.0137. The smallest absolute Gasteiger partial charge is 0.254 e. The summed E-state index contributed by atoms with van der Waals surface area (Å²) in [4.78, 5) is 20.5. The molecule has 0 aliphatic heterocycles. The maximum Gasteiger partial charge on any atom is 0.254 e. The molecule has 1 rings (SSSR count). The van der Waals surface area contributed by atoms with E-state index < -0.39 is 13.8 Å². The molecule has 0 N–H and O–H groups in total. The number of rotatable bonds is 3. The molecule has 12 heavy (non-hydrogen) atoms. The number of hydrogen-bond donors (Lipinski definition) is 0. The van der Waals surface area contributed by atoms with Gasteiger partial charge in [0.25, 0.3) is 5.88 Å². The van der Waals surface area contributed by atoms with Crippen molar-refractivity contribution in [1.82, 2.24) is 5.16 Å². The van der Waals surface area contributed by atoms with Crippen molar-refractivity contribution in [3.8, 4) is 5.88 Å². The lowest BCUT2D eigenvalue weighted by Gasteiger charge is -2.27. The van der Waals surface area contributed by atoms with Gasteiger partial charge in [-0.05, 0) is 5.16 Å². The van der Waals surface area contributed by atoms with E-state index in [0.29, 0.717) is 0 Å². The first kappa shape index (κ1) is 9.25. The number of methoxy groups -OCH3 is 1. The molecule has 0 bridgehead atoms. The first-order valence-corrected chi connectivity index (χ1v) is 4.75. The van der Waals surface area contributed by atoms with E-state index in [-0.39, 0.29) is 11.6 Å². The van der Waals surface area contributed by atoms with Crippen LogP contribution in [0.4, 0.5) is 0 Å². The molecule has 0 fully saturated rings. The van der Waals surface area contributed by atoms with Gasteiger partial charge in [0.15, 0.2) is 0 Å². The summed E-state index contributed by atoms with van der Waals surface area (Å²) in [7, 11) is -3.22. The Labute approximate surface area is 68.3 Å². The van der Waals surface area contributed by atoms with Gasteiger partial charge in [-0.25, -0.2) is 0 Å². The van der Waals surface area contributed by atoms with Gasteiger partial charge in [0, 0.05) is 12.2 Å². The van der Waals surface area contributed by atoms with Crippen molar-refractivity contribution in [2.75, 3.05) is 7.11 Å². The molecule has 0 spiro atoms. The minimum Gasteiger partial charge on any atom is -0.810 e. The standard InChI is InChI=1S/C5H8NO5P/c1-10-5-2-4(11-6-5)3-12(7,8)9/h2H,3H2,1H3,(H2,7,8,9)/p-2. The van der Waals surface area contributed by atoms with Crippen LogP contribution in [-0.4, -0.2) is 12.3 Å². The Hall–Kier alpha value is -0.840. The van der Waals surface area contributed by atoms with E-state index >= 15 is 0 Å². The third-order valence-corrected chi connectivity index (χ3v) is 1.79. The quantitative estimate of drug-likeness (QED) is 0.574. The molecule has 1 aromatic heterocycles. The highest BCUT2D eigenvalue weighted by molar-refractivity contribution is 7.47. The van der Waals surface area contributed by atoms with Crippen molar-refractivity contribution in [1.29, 1.82) is 0 Å². The van der Waals surface area contributed by atoms with Gasteiger partial charge < -0.3 is 23.6 Å². The van der Waals surface area contributed by atoms with Crippen LogP contribution in [0.1, 0.15) is 5.76 Å². The Bertz CT molecular complexity index is 303. The second-order valence-electron chi connectivity index (χ2n) is 2.10. The van der Waals surface area contributed by atoms with Gasteiger partial charge in [-0.15, -0.1) is 0 Å². The lowest BCUT2D eigenvalue weighted by Crippen LogP contribution is -2.15. The second-order valence-corrected chi connectivity index (χ2v) is 3.64. The van der Waals surface area contributed by atoms with Crippen LogP contribution in [0.25, 0.3) is 0 Å². The summed E-state index contributed by atoms with van der Waals surface area (Å²) in [5, 5.41) is 3.32. The molecule has 0 atom stereocenters. The topological polar surface area (TPSA) is 98.5 Å². The third kappa shape index (κ3) is 2.65. The van der Waals surface area contributed by atoms with Crippen LogP contribution in [0.5, 0.6) is 5.88 Å². The Morgan fingerprint density at radius 1 is 1.75 bits per heavy atom. The van der Waals surface area contributed by atoms with Gasteiger partial charge in [-0.2, -0.15) is 0 Å². The molecule has 0 amide bonds. The molecule has 68 valence electrons. The molecular formula is C5H6NO5P-2. The van der Waals surface area contributed by atoms with Gasteiger partial charge in [0.1, 0.15) is 5.76 Å². The lowest BCUT2D eigenvalue weighted by atomic mass is 10.5.